The van der Waals surface area contributed by atoms with Crippen molar-refractivity contribution < 1.29 is 9.47 Å². The van der Waals surface area contributed by atoms with Crippen LogP contribution in [0.3, 0.4) is 0 Å². The lowest BCUT2D eigenvalue weighted by molar-refractivity contribution is 0.284. The normalized spacial score (nSPS) is 19.7. The number of hydrogen-bond donors (Lipinski definition) is 1. The summed E-state index contributed by atoms with van der Waals surface area (Å²) in [5, 5.41) is 3.55. The van der Waals surface area contributed by atoms with E-state index in [2.05, 4.69) is 23.3 Å². The van der Waals surface area contributed by atoms with Gasteiger partial charge in [-0.25, -0.2) is 0 Å². The van der Waals surface area contributed by atoms with E-state index in [9.17, 15) is 0 Å². The molecule has 0 unspecified atom stereocenters. The van der Waals surface area contributed by atoms with Crippen molar-refractivity contribution >= 4 is 0 Å². The zero-order valence-corrected chi connectivity index (χ0v) is 13.1. The Labute approximate surface area is 131 Å². The van der Waals surface area contributed by atoms with Crippen LogP contribution in [-0.2, 0) is 13.2 Å². The van der Waals surface area contributed by atoms with Crippen LogP contribution in [0.15, 0.2) is 42.7 Å². The number of aromatic nitrogens is 1. The highest BCUT2D eigenvalue weighted by Gasteiger charge is 2.31. The molecule has 1 aromatic heterocycles. The number of ether oxygens (including phenoxy) is 2. The Balaban J connectivity index is 1.61. The van der Waals surface area contributed by atoms with Crippen molar-refractivity contribution in [1.29, 1.82) is 0 Å². The number of pyridine rings is 1. The van der Waals surface area contributed by atoms with Gasteiger partial charge in [0.2, 0.25) is 0 Å². The minimum absolute atomic E-state index is 0.510. The third-order valence-electron chi connectivity index (χ3n) is 4.05. The predicted octanol–water partition coefficient (Wildman–Crippen LogP) is 3.17. The molecule has 2 aromatic rings. The number of nitrogens with one attached hydrogen (secondary N) is 1. The zero-order chi connectivity index (χ0) is 15.4. The molecule has 1 fully saturated rings. The van der Waals surface area contributed by atoms with Crippen LogP contribution in [0.2, 0.25) is 0 Å². The van der Waals surface area contributed by atoms with Crippen LogP contribution in [-0.4, -0.2) is 18.1 Å². The highest BCUT2D eigenvalue weighted by atomic mass is 16.5. The lowest BCUT2D eigenvalue weighted by Gasteiger charge is -2.12. The Bertz CT molecular complexity index is 616. The SMILES string of the molecule is COc1cc(CN[C@H]2C[C@H]2C)ccc1OCc1ccncc1. The van der Waals surface area contributed by atoms with Crippen LogP contribution in [0.1, 0.15) is 24.5 Å². The second kappa shape index (κ2) is 6.79. The van der Waals surface area contributed by atoms with E-state index in [4.69, 9.17) is 9.47 Å². The Kier molecular flexibility index (Phi) is 4.59. The summed E-state index contributed by atoms with van der Waals surface area (Å²) in [6, 6.07) is 10.7. The molecule has 4 heteroatoms. The highest BCUT2D eigenvalue weighted by molar-refractivity contribution is 5.43. The lowest BCUT2D eigenvalue weighted by atomic mass is 10.2. The van der Waals surface area contributed by atoms with Gasteiger partial charge in [-0.2, -0.15) is 0 Å². The molecule has 0 saturated heterocycles. The molecule has 0 radical (unpaired) electrons. The van der Waals surface area contributed by atoms with E-state index in [0.717, 1.165) is 29.5 Å². The van der Waals surface area contributed by atoms with Gasteiger partial charge in [0.25, 0.3) is 0 Å². The molecule has 4 nitrogen and oxygen atoms in total. The fourth-order valence-corrected chi connectivity index (χ4v) is 2.44. The average molecular weight is 298 g/mol. The zero-order valence-electron chi connectivity index (χ0n) is 13.1. The standard InChI is InChI=1S/C18H22N2O2/c1-13-9-16(13)20-11-15-3-4-17(18(10-15)21-2)22-12-14-5-7-19-8-6-14/h3-8,10,13,16,20H,9,11-12H2,1-2H3/t13-,16+/m1/s1. The molecule has 1 heterocycles. The van der Waals surface area contributed by atoms with E-state index >= 15 is 0 Å². The first-order valence-electron chi connectivity index (χ1n) is 7.68. The van der Waals surface area contributed by atoms with Gasteiger partial charge in [-0.3, -0.25) is 4.98 Å². The summed E-state index contributed by atoms with van der Waals surface area (Å²) in [4.78, 5) is 4.00. The maximum absolute atomic E-state index is 5.85. The van der Waals surface area contributed by atoms with Gasteiger partial charge in [-0.1, -0.05) is 13.0 Å². The number of nitrogens with zero attached hydrogens (tertiary/aromatic N) is 1. The summed E-state index contributed by atoms with van der Waals surface area (Å²) in [6.45, 7) is 3.65. The summed E-state index contributed by atoms with van der Waals surface area (Å²) in [7, 11) is 1.68. The third-order valence-corrected chi connectivity index (χ3v) is 4.05. The molecule has 3 rings (SSSR count). The Hall–Kier alpha value is -2.07. The molecule has 0 amide bonds. The first-order chi connectivity index (χ1) is 10.8. The molecule has 1 aromatic carbocycles. The van der Waals surface area contributed by atoms with Crippen molar-refractivity contribution in [2.75, 3.05) is 7.11 Å². The van der Waals surface area contributed by atoms with Crippen molar-refractivity contribution in [3.63, 3.8) is 0 Å². The molecule has 1 aliphatic carbocycles. The summed E-state index contributed by atoms with van der Waals surface area (Å²) >= 11 is 0. The van der Waals surface area contributed by atoms with Gasteiger partial charge < -0.3 is 14.8 Å². The summed E-state index contributed by atoms with van der Waals surface area (Å²) < 4.78 is 11.3. The number of rotatable bonds is 7. The quantitative estimate of drug-likeness (QED) is 0.852. The fraction of sp³-hybridized carbons (Fsp3) is 0.389. The van der Waals surface area contributed by atoms with Crippen LogP contribution >= 0.6 is 0 Å². The fourth-order valence-electron chi connectivity index (χ4n) is 2.44. The van der Waals surface area contributed by atoms with Gasteiger partial charge in [0, 0.05) is 25.0 Å². The van der Waals surface area contributed by atoms with Crippen LogP contribution < -0.4 is 14.8 Å². The van der Waals surface area contributed by atoms with E-state index in [1.807, 2.05) is 24.3 Å². The van der Waals surface area contributed by atoms with Gasteiger partial charge in [0.15, 0.2) is 11.5 Å². The second-order valence-electron chi connectivity index (χ2n) is 5.83. The molecule has 1 N–H and O–H groups in total. The van der Waals surface area contributed by atoms with Crippen molar-refractivity contribution in [3.05, 3.63) is 53.9 Å². The molecular weight excluding hydrogens is 276 g/mol. The minimum Gasteiger partial charge on any atom is -0.493 e. The van der Waals surface area contributed by atoms with Gasteiger partial charge >= 0.3 is 0 Å². The molecular formula is C18H22N2O2. The predicted molar refractivity (Wildman–Crippen MR) is 86.0 cm³/mol. The molecule has 0 aliphatic heterocycles. The van der Waals surface area contributed by atoms with E-state index < -0.39 is 0 Å². The maximum Gasteiger partial charge on any atom is 0.161 e. The van der Waals surface area contributed by atoms with Crippen molar-refractivity contribution in [3.8, 4) is 11.5 Å². The number of methoxy groups -OCH3 is 1. The topological polar surface area (TPSA) is 43.4 Å². The van der Waals surface area contributed by atoms with Gasteiger partial charge in [0.05, 0.1) is 7.11 Å². The van der Waals surface area contributed by atoms with Crippen molar-refractivity contribution in [1.82, 2.24) is 10.3 Å². The third kappa shape index (κ3) is 3.77. The van der Waals surface area contributed by atoms with E-state index in [1.54, 1.807) is 19.5 Å². The number of hydrogen-bond acceptors (Lipinski definition) is 4. The Morgan fingerprint density at radius 3 is 2.59 bits per heavy atom. The molecule has 22 heavy (non-hydrogen) atoms. The van der Waals surface area contributed by atoms with E-state index in [-0.39, 0.29) is 0 Å². The van der Waals surface area contributed by atoms with Gasteiger partial charge in [-0.05, 0) is 47.7 Å². The lowest BCUT2D eigenvalue weighted by Crippen LogP contribution is -2.17. The van der Waals surface area contributed by atoms with Crippen LogP contribution in [0.25, 0.3) is 0 Å². The Morgan fingerprint density at radius 2 is 1.91 bits per heavy atom. The molecule has 0 bridgehead atoms. The smallest absolute Gasteiger partial charge is 0.161 e. The van der Waals surface area contributed by atoms with Crippen LogP contribution in [0.4, 0.5) is 0 Å². The largest absolute Gasteiger partial charge is 0.493 e. The summed E-state index contributed by atoms with van der Waals surface area (Å²) in [5.74, 6) is 2.35. The number of benzene rings is 1. The van der Waals surface area contributed by atoms with Crippen molar-refractivity contribution in [2.45, 2.75) is 32.5 Å². The van der Waals surface area contributed by atoms with E-state index in [0.29, 0.717) is 12.6 Å². The molecule has 1 aliphatic rings. The van der Waals surface area contributed by atoms with Crippen molar-refractivity contribution in [2.24, 2.45) is 5.92 Å². The van der Waals surface area contributed by atoms with E-state index in [1.165, 1.54) is 12.0 Å². The monoisotopic (exact) mass is 298 g/mol. The average Bonchev–Trinajstić information content (AvgIpc) is 3.27. The first kappa shape index (κ1) is 14.9. The summed E-state index contributed by atoms with van der Waals surface area (Å²) in [5.41, 5.74) is 2.30. The van der Waals surface area contributed by atoms with Gasteiger partial charge in [-0.15, -0.1) is 0 Å². The molecule has 1 saturated carbocycles. The Morgan fingerprint density at radius 1 is 1.14 bits per heavy atom. The first-order valence-corrected chi connectivity index (χ1v) is 7.68. The van der Waals surface area contributed by atoms with Crippen LogP contribution in [0, 0.1) is 5.92 Å². The molecule has 116 valence electrons. The maximum atomic E-state index is 5.85. The van der Waals surface area contributed by atoms with Gasteiger partial charge in [0.1, 0.15) is 6.61 Å². The highest BCUT2D eigenvalue weighted by Crippen LogP contribution is 2.31. The molecule has 0 spiro atoms. The summed E-state index contributed by atoms with van der Waals surface area (Å²) in [6.07, 6.45) is 4.82. The van der Waals surface area contributed by atoms with Crippen LogP contribution in [0.5, 0.6) is 11.5 Å². The minimum atomic E-state index is 0.510. The molecule has 2 atom stereocenters. The second-order valence-corrected chi connectivity index (χ2v) is 5.83.